The maximum atomic E-state index is 13.7. The van der Waals surface area contributed by atoms with E-state index in [1.54, 1.807) is 29.4 Å². The highest BCUT2D eigenvalue weighted by molar-refractivity contribution is 7.99. The summed E-state index contributed by atoms with van der Waals surface area (Å²) in [6.45, 7) is 8.35. The second-order valence-electron chi connectivity index (χ2n) is 12.8. The maximum Gasteiger partial charge on any atom is 0.350 e. The first-order valence-electron chi connectivity index (χ1n) is 17.4. The van der Waals surface area contributed by atoms with Crippen molar-refractivity contribution in [2.45, 2.75) is 49.8 Å². The van der Waals surface area contributed by atoms with Crippen molar-refractivity contribution in [1.82, 2.24) is 29.1 Å². The Morgan fingerprint density at radius 1 is 0.902 bits per heavy atom. The van der Waals surface area contributed by atoms with Crippen molar-refractivity contribution < 1.29 is 18.6 Å². The van der Waals surface area contributed by atoms with Crippen LogP contribution in [0, 0.1) is 5.82 Å². The van der Waals surface area contributed by atoms with Gasteiger partial charge in [0, 0.05) is 56.2 Å². The number of halogens is 1. The van der Waals surface area contributed by atoms with E-state index in [1.165, 1.54) is 28.6 Å². The van der Waals surface area contributed by atoms with Gasteiger partial charge in [-0.2, -0.15) is 9.78 Å². The van der Waals surface area contributed by atoms with Gasteiger partial charge in [0.05, 0.1) is 18.0 Å². The molecule has 0 N–H and O–H groups in total. The number of benzene rings is 3. The lowest BCUT2D eigenvalue weighted by Gasteiger charge is -2.37. The Bertz CT molecular complexity index is 1940. The van der Waals surface area contributed by atoms with Crippen molar-refractivity contribution in [2.24, 2.45) is 7.05 Å². The third kappa shape index (κ3) is 7.53. The Morgan fingerprint density at radius 2 is 1.53 bits per heavy atom. The summed E-state index contributed by atoms with van der Waals surface area (Å²) < 4.78 is 37.7. The van der Waals surface area contributed by atoms with Gasteiger partial charge in [-0.05, 0) is 73.5 Å². The Balaban J connectivity index is 0.912. The van der Waals surface area contributed by atoms with Crippen LogP contribution in [0.3, 0.4) is 0 Å². The largest absolute Gasteiger partial charge is 0.491 e. The molecule has 0 radical (unpaired) electrons. The molecule has 3 aromatic carbocycles. The minimum atomic E-state index is -1.07. The van der Waals surface area contributed by atoms with E-state index in [4.69, 9.17) is 14.2 Å². The number of piperazine rings is 1. The molecule has 268 valence electrons. The van der Waals surface area contributed by atoms with Crippen molar-refractivity contribution >= 4 is 23.1 Å². The molecule has 5 aromatic rings. The highest BCUT2D eigenvalue weighted by atomic mass is 32.2. The topological polar surface area (TPSA) is 105 Å². The van der Waals surface area contributed by atoms with Crippen LogP contribution in [0.4, 0.5) is 15.8 Å². The molecule has 0 bridgehead atoms. The summed E-state index contributed by atoms with van der Waals surface area (Å²) >= 11 is 1.46. The zero-order chi connectivity index (χ0) is 35.4. The van der Waals surface area contributed by atoms with E-state index in [9.17, 15) is 9.18 Å². The Hall–Kier alpha value is -4.66. The quantitative estimate of drug-likeness (QED) is 0.147. The number of anilines is 2. The lowest BCUT2D eigenvalue weighted by Crippen LogP contribution is -2.46. The third-order valence-corrected chi connectivity index (χ3v) is 10.8. The van der Waals surface area contributed by atoms with E-state index < -0.39 is 5.79 Å². The molecule has 14 heteroatoms. The van der Waals surface area contributed by atoms with Gasteiger partial charge in [0.2, 0.25) is 5.79 Å². The number of aromatic nitrogens is 6. The number of thioether (sulfide) groups is 1. The van der Waals surface area contributed by atoms with Crippen LogP contribution in [0.5, 0.6) is 5.75 Å². The molecular formula is C37H43FN8O4S. The Labute approximate surface area is 300 Å². The molecule has 4 heterocycles. The summed E-state index contributed by atoms with van der Waals surface area (Å²) in [5.74, 6) is -0.220. The van der Waals surface area contributed by atoms with E-state index in [1.807, 2.05) is 35.9 Å². The molecule has 2 aliphatic heterocycles. The number of aryl methyl sites for hydroxylation is 1. The summed E-state index contributed by atoms with van der Waals surface area (Å²) in [5.41, 5.74) is 3.67. The van der Waals surface area contributed by atoms with Crippen LogP contribution in [0.15, 0.2) is 95.4 Å². The van der Waals surface area contributed by atoms with Crippen molar-refractivity contribution in [3.8, 4) is 11.4 Å². The van der Waals surface area contributed by atoms with Gasteiger partial charge >= 0.3 is 5.69 Å². The summed E-state index contributed by atoms with van der Waals surface area (Å²) in [7, 11) is 1.88. The molecule has 2 saturated heterocycles. The van der Waals surface area contributed by atoms with E-state index in [-0.39, 0.29) is 23.7 Å². The average molecular weight is 715 g/mol. The van der Waals surface area contributed by atoms with Crippen molar-refractivity contribution in [3.63, 3.8) is 0 Å². The molecule has 0 unspecified atom stereocenters. The van der Waals surface area contributed by atoms with Crippen molar-refractivity contribution in [1.29, 1.82) is 0 Å². The fourth-order valence-corrected chi connectivity index (χ4v) is 7.61. The molecule has 0 amide bonds. The molecule has 0 spiro atoms. The number of ether oxygens (including phenoxy) is 3. The number of hydrogen-bond donors (Lipinski definition) is 0. The predicted octanol–water partition coefficient (Wildman–Crippen LogP) is 5.43. The first-order chi connectivity index (χ1) is 24.9. The van der Waals surface area contributed by atoms with E-state index in [2.05, 4.69) is 63.2 Å². The monoisotopic (exact) mass is 714 g/mol. The second-order valence-corrected chi connectivity index (χ2v) is 13.8. The number of hydrogen-bond acceptors (Lipinski definition) is 10. The normalized spacial score (nSPS) is 19.3. The van der Waals surface area contributed by atoms with Gasteiger partial charge < -0.3 is 28.6 Å². The van der Waals surface area contributed by atoms with Crippen molar-refractivity contribution in [2.75, 3.05) is 54.9 Å². The zero-order valence-corrected chi connectivity index (χ0v) is 29.9. The smallest absolute Gasteiger partial charge is 0.350 e. The van der Waals surface area contributed by atoms with Crippen LogP contribution in [0.1, 0.15) is 38.3 Å². The first-order valence-corrected chi connectivity index (χ1v) is 18.4. The van der Waals surface area contributed by atoms with Gasteiger partial charge in [0.15, 0.2) is 5.16 Å². The molecule has 12 nitrogen and oxygen atoms in total. The van der Waals surface area contributed by atoms with Gasteiger partial charge in [0.25, 0.3) is 0 Å². The average Bonchev–Trinajstić information content (AvgIpc) is 3.90. The molecule has 2 fully saturated rings. The summed E-state index contributed by atoms with van der Waals surface area (Å²) in [4.78, 5) is 17.7. The van der Waals surface area contributed by atoms with E-state index >= 15 is 0 Å². The predicted molar refractivity (Wildman–Crippen MR) is 194 cm³/mol. The number of nitrogens with zero attached hydrogens (tertiary/aromatic N) is 8. The highest BCUT2D eigenvalue weighted by Crippen LogP contribution is 2.39. The number of rotatable bonds is 13. The molecule has 2 aromatic heterocycles. The van der Waals surface area contributed by atoms with Crippen LogP contribution < -0.4 is 20.2 Å². The minimum Gasteiger partial charge on any atom is -0.491 e. The first kappa shape index (κ1) is 34.8. The van der Waals surface area contributed by atoms with Crippen LogP contribution in [0.2, 0.25) is 0 Å². The Kier molecular flexibility index (Phi) is 10.4. The summed E-state index contributed by atoms with van der Waals surface area (Å²) in [6, 6.07) is 22.6. The van der Waals surface area contributed by atoms with Crippen molar-refractivity contribution in [3.05, 3.63) is 107 Å². The van der Waals surface area contributed by atoms with E-state index in [0.29, 0.717) is 19.0 Å². The molecule has 2 aliphatic rings. The zero-order valence-electron chi connectivity index (χ0n) is 29.1. The summed E-state index contributed by atoms with van der Waals surface area (Å²) in [5, 5.41) is 13.2. The summed E-state index contributed by atoms with van der Waals surface area (Å²) in [6.07, 6.45) is 4.76. The molecule has 0 aliphatic carbocycles. The molecule has 7 rings (SSSR count). The maximum absolute atomic E-state index is 13.7. The molecular weight excluding hydrogens is 672 g/mol. The van der Waals surface area contributed by atoms with Gasteiger partial charge in [0.1, 0.15) is 36.9 Å². The fraction of sp³-hybridized carbons (Fsp3) is 0.405. The SMILES string of the molecule is CCC(CC)n1cnn(-c2ccc(N3CCN(c4ccc(OC[C@@H]5CO[C@@](CSc6nncn6C)(c6ccc(F)cc6)O5)cc4)CC3)cc2)c1=O. The second kappa shape index (κ2) is 15.3. The van der Waals surface area contributed by atoms with Gasteiger partial charge in [-0.3, -0.25) is 4.57 Å². The lowest BCUT2D eigenvalue weighted by molar-refractivity contribution is -0.160. The third-order valence-electron chi connectivity index (χ3n) is 9.61. The standard InChI is InChI=1S/C37H43FN8O4S/c1-4-29(5-2)45-26-40-46(36(45)47)32-12-10-30(11-13-32)43-18-20-44(21-19-43)31-14-16-33(17-15-31)48-22-34-23-49-37(50-34,27-6-8-28(38)9-7-27)24-51-35-41-39-25-42(35)3/h6-17,25-26,29,34H,4-5,18-24H2,1-3H3/t34-,37-/m1/s1. The van der Waals surface area contributed by atoms with E-state index in [0.717, 1.165) is 72.6 Å². The Morgan fingerprint density at radius 3 is 2.14 bits per heavy atom. The lowest BCUT2D eigenvalue weighted by atomic mass is 10.1. The molecule has 2 atom stereocenters. The van der Waals surface area contributed by atoms with Crippen LogP contribution in [-0.4, -0.2) is 80.4 Å². The fourth-order valence-electron chi connectivity index (χ4n) is 6.62. The highest BCUT2D eigenvalue weighted by Gasteiger charge is 2.44. The van der Waals surface area contributed by atoms with Gasteiger partial charge in [-0.25, -0.2) is 9.18 Å². The van der Waals surface area contributed by atoms with Gasteiger partial charge in [-0.15, -0.1) is 10.2 Å². The molecule has 0 saturated carbocycles. The minimum absolute atomic E-state index is 0.101. The van der Waals surface area contributed by atoms with Crippen LogP contribution >= 0.6 is 11.8 Å². The van der Waals surface area contributed by atoms with Crippen LogP contribution in [-0.2, 0) is 22.3 Å². The van der Waals surface area contributed by atoms with Crippen LogP contribution in [0.25, 0.3) is 5.69 Å². The molecule has 51 heavy (non-hydrogen) atoms. The van der Waals surface area contributed by atoms with Gasteiger partial charge in [-0.1, -0.05) is 37.7 Å².